The van der Waals surface area contributed by atoms with Crippen LogP contribution in [0.3, 0.4) is 0 Å². The highest BCUT2D eigenvalue weighted by Crippen LogP contribution is 2.23. The van der Waals surface area contributed by atoms with Crippen molar-refractivity contribution in [1.29, 1.82) is 0 Å². The van der Waals surface area contributed by atoms with Crippen LogP contribution in [-0.2, 0) is 4.74 Å². The molecule has 0 saturated carbocycles. The van der Waals surface area contributed by atoms with Crippen LogP contribution in [-0.4, -0.2) is 32.6 Å². The predicted octanol–water partition coefficient (Wildman–Crippen LogP) is 3.65. The first-order valence-corrected chi connectivity index (χ1v) is 7.63. The van der Waals surface area contributed by atoms with E-state index in [9.17, 15) is 14.0 Å². The highest BCUT2D eigenvalue weighted by atomic mass is 79.9. The van der Waals surface area contributed by atoms with E-state index in [2.05, 4.69) is 15.9 Å². The number of esters is 1. The van der Waals surface area contributed by atoms with Gasteiger partial charge in [0.2, 0.25) is 0 Å². The maximum atomic E-state index is 13.6. The lowest BCUT2D eigenvalue weighted by molar-refractivity contribution is 0.0473. The second kappa shape index (κ2) is 7.92. The van der Waals surface area contributed by atoms with Gasteiger partial charge in [0.05, 0.1) is 19.8 Å². The first-order valence-electron chi connectivity index (χ1n) is 6.83. The van der Waals surface area contributed by atoms with Crippen molar-refractivity contribution >= 4 is 27.7 Å². The van der Waals surface area contributed by atoms with E-state index < -0.39 is 24.2 Å². The van der Waals surface area contributed by atoms with Crippen molar-refractivity contribution in [3.8, 4) is 11.5 Å². The molecule has 126 valence electrons. The first kappa shape index (κ1) is 17.9. The summed E-state index contributed by atoms with van der Waals surface area (Å²) in [5, 5.41) is 0. The van der Waals surface area contributed by atoms with Crippen LogP contribution in [0.4, 0.5) is 4.39 Å². The molecule has 0 atom stereocenters. The summed E-state index contributed by atoms with van der Waals surface area (Å²) in [6, 6.07) is 8.57. The molecule has 0 aliphatic carbocycles. The summed E-state index contributed by atoms with van der Waals surface area (Å²) in [6.07, 6.45) is 0. The van der Waals surface area contributed by atoms with Gasteiger partial charge in [0.1, 0.15) is 5.75 Å². The van der Waals surface area contributed by atoms with Crippen LogP contribution < -0.4 is 9.47 Å². The number of ketones is 1. The highest BCUT2D eigenvalue weighted by molar-refractivity contribution is 9.10. The second-order valence-electron chi connectivity index (χ2n) is 4.69. The van der Waals surface area contributed by atoms with Gasteiger partial charge in [0.25, 0.3) is 0 Å². The van der Waals surface area contributed by atoms with E-state index in [4.69, 9.17) is 14.2 Å². The molecule has 0 bridgehead atoms. The van der Waals surface area contributed by atoms with Gasteiger partial charge in [-0.3, -0.25) is 4.79 Å². The summed E-state index contributed by atoms with van der Waals surface area (Å²) < 4.78 is 28.9. The van der Waals surface area contributed by atoms with E-state index in [1.54, 1.807) is 12.1 Å². The minimum atomic E-state index is -0.692. The Hall–Kier alpha value is -2.41. The molecule has 0 aliphatic heterocycles. The Morgan fingerprint density at radius 1 is 1.08 bits per heavy atom. The first-order chi connectivity index (χ1) is 11.5. The normalized spacial score (nSPS) is 10.2. The minimum absolute atomic E-state index is 0.0313. The number of hydrogen-bond donors (Lipinski definition) is 0. The van der Waals surface area contributed by atoms with Crippen molar-refractivity contribution in [3.05, 3.63) is 57.8 Å². The SMILES string of the molecule is COc1ccc(Br)c(C(=O)OCC(=O)c2ccc(OC)c(F)c2)c1. The fourth-order valence-electron chi connectivity index (χ4n) is 1.92. The highest BCUT2D eigenvalue weighted by Gasteiger charge is 2.16. The maximum absolute atomic E-state index is 13.6. The smallest absolute Gasteiger partial charge is 0.339 e. The van der Waals surface area contributed by atoms with Crippen LogP contribution in [0.1, 0.15) is 20.7 Å². The van der Waals surface area contributed by atoms with Crippen LogP contribution in [0.5, 0.6) is 11.5 Å². The van der Waals surface area contributed by atoms with Crippen molar-refractivity contribution < 1.29 is 28.2 Å². The van der Waals surface area contributed by atoms with Gasteiger partial charge >= 0.3 is 5.97 Å². The van der Waals surface area contributed by atoms with Crippen LogP contribution in [0, 0.1) is 5.82 Å². The third-order valence-electron chi connectivity index (χ3n) is 3.20. The second-order valence-corrected chi connectivity index (χ2v) is 5.55. The Balaban J connectivity index is 2.06. The lowest BCUT2D eigenvalue weighted by Gasteiger charge is -2.08. The van der Waals surface area contributed by atoms with Crippen molar-refractivity contribution in [2.45, 2.75) is 0 Å². The molecule has 0 radical (unpaired) electrons. The van der Waals surface area contributed by atoms with Crippen molar-refractivity contribution in [2.24, 2.45) is 0 Å². The molecule has 24 heavy (non-hydrogen) atoms. The summed E-state index contributed by atoms with van der Waals surface area (Å²) in [6.45, 7) is -0.506. The summed E-state index contributed by atoms with van der Waals surface area (Å²) in [5.74, 6) is -1.37. The molecule has 2 aromatic carbocycles. The average molecular weight is 397 g/mol. The molecule has 0 amide bonds. The summed E-state index contributed by atoms with van der Waals surface area (Å²) in [4.78, 5) is 24.1. The summed E-state index contributed by atoms with van der Waals surface area (Å²) in [7, 11) is 2.80. The Morgan fingerprint density at radius 2 is 1.83 bits per heavy atom. The van der Waals surface area contributed by atoms with Gasteiger partial charge in [0.15, 0.2) is 24.0 Å². The molecule has 0 N–H and O–H groups in total. The van der Waals surface area contributed by atoms with Gasteiger partial charge in [-0.25, -0.2) is 9.18 Å². The van der Waals surface area contributed by atoms with Gasteiger partial charge in [-0.2, -0.15) is 0 Å². The van der Waals surface area contributed by atoms with E-state index in [1.165, 1.54) is 32.4 Å². The van der Waals surface area contributed by atoms with E-state index >= 15 is 0 Å². The number of carbonyl (C=O) groups is 2. The Bertz CT molecular complexity index is 776. The molecule has 0 spiro atoms. The van der Waals surface area contributed by atoms with Crippen molar-refractivity contribution in [3.63, 3.8) is 0 Å². The van der Waals surface area contributed by atoms with Gasteiger partial charge in [-0.15, -0.1) is 0 Å². The number of carbonyl (C=O) groups excluding carboxylic acids is 2. The number of ether oxygens (including phenoxy) is 3. The lowest BCUT2D eigenvalue weighted by atomic mass is 10.1. The standard InChI is InChI=1S/C17H14BrFO5/c1-22-11-4-5-13(18)12(8-11)17(21)24-9-15(20)10-3-6-16(23-2)14(19)7-10/h3-8H,9H2,1-2H3. The predicted molar refractivity (Wildman–Crippen MR) is 88.3 cm³/mol. The fourth-order valence-corrected chi connectivity index (χ4v) is 2.33. The molecule has 0 aliphatic rings. The largest absolute Gasteiger partial charge is 0.497 e. The van der Waals surface area contributed by atoms with Crippen LogP contribution in [0.25, 0.3) is 0 Å². The van der Waals surface area contributed by atoms with Gasteiger partial charge in [-0.1, -0.05) is 0 Å². The number of hydrogen-bond acceptors (Lipinski definition) is 5. The van der Waals surface area contributed by atoms with Gasteiger partial charge in [-0.05, 0) is 52.3 Å². The molecule has 5 nitrogen and oxygen atoms in total. The topological polar surface area (TPSA) is 61.8 Å². The maximum Gasteiger partial charge on any atom is 0.339 e. The Morgan fingerprint density at radius 3 is 2.46 bits per heavy atom. The van der Waals surface area contributed by atoms with Gasteiger partial charge in [0, 0.05) is 10.0 Å². The monoisotopic (exact) mass is 396 g/mol. The molecule has 2 aromatic rings. The van der Waals surface area contributed by atoms with E-state index in [0.29, 0.717) is 10.2 Å². The average Bonchev–Trinajstić information content (AvgIpc) is 2.59. The Kier molecular flexibility index (Phi) is 5.92. The van der Waals surface area contributed by atoms with Crippen molar-refractivity contribution in [1.82, 2.24) is 0 Å². The minimum Gasteiger partial charge on any atom is -0.497 e. The zero-order chi connectivity index (χ0) is 17.7. The number of benzene rings is 2. The number of rotatable bonds is 6. The third-order valence-corrected chi connectivity index (χ3v) is 3.89. The quantitative estimate of drug-likeness (QED) is 0.550. The molecule has 0 fully saturated rings. The van der Waals surface area contributed by atoms with Crippen LogP contribution in [0.15, 0.2) is 40.9 Å². The molecule has 7 heteroatoms. The van der Waals surface area contributed by atoms with E-state index in [1.807, 2.05) is 0 Å². The molecular weight excluding hydrogens is 383 g/mol. The van der Waals surface area contributed by atoms with E-state index in [0.717, 1.165) is 6.07 Å². The molecule has 0 unspecified atom stereocenters. The zero-order valence-corrected chi connectivity index (χ0v) is 14.6. The molecule has 0 saturated heterocycles. The Labute approximate surface area is 146 Å². The molecule has 0 heterocycles. The molecular formula is C17H14BrFO5. The summed E-state index contributed by atoms with van der Waals surface area (Å²) in [5.41, 5.74) is 0.314. The lowest BCUT2D eigenvalue weighted by Crippen LogP contribution is -2.15. The van der Waals surface area contributed by atoms with Crippen LogP contribution in [0.2, 0.25) is 0 Å². The number of Topliss-reactive ketones (excluding diaryl/α,β-unsaturated/α-hetero) is 1. The van der Waals surface area contributed by atoms with E-state index in [-0.39, 0.29) is 16.9 Å². The third kappa shape index (κ3) is 4.11. The number of halogens is 2. The fraction of sp³-hybridized carbons (Fsp3) is 0.176. The van der Waals surface area contributed by atoms with Crippen LogP contribution >= 0.6 is 15.9 Å². The molecule has 0 aromatic heterocycles. The summed E-state index contributed by atoms with van der Waals surface area (Å²) >= 11 is 3.23. The zero-order valence-electron chi connectivity index (χ0n) is 13.0. The van der Waals surface area contributed by atoms with Gasteiger partial charge < -0.3 is 14.2 Å². The number of methoxy groups -OCH3 is 2. The van der Waals surface area contributed by atoms with Crippen molar-refractivity contribution in [2.75, 3.05) is 20.8 Å². The molecule has 2 rings (SSSR count).